The van der Waals surface area contributed by atoms with Crippen LogP contribution in [-0.4, -0.2) is 12.4 Å². The van der Waals surface area contributed by atoms with E-state index in [0.717, 1.165) is 11.1 Å². The Bertz CT molecular complexity index is 788. The summed E-state index contributed by atoms with van der Waals surface area (Å²) in [6.45, 7) is 2.16. The van der Waals surface area contributed by atoms with Crippen LogP contribution in [0, 0.1) is 17.2 Å². The molecule has 0 saturated heterocycles. The van der Waals surface area contributed by atoms with Gasteiger partial charge in [0.2, 0.25) is 0 Å². The number of ether oxygens (including phenoxy) is 1. The van der Waals surface area contributed by atoms with Crippen molar-refractivity contribution in [2.75, 3.05) is 6.61 Å². The Morgan fingerprint density at radius 3 is 2.33 bits per heavy atom. The molecule has 0 fully saturated rings. The third-order valence-corrected chi connectivity index (χ3v) is 4.44. The Kier molecular flexibility index (Phi) is 4.77. The van der Waals surface area contributed by atoms with Gasteiger partial charge in [0.15, 0.2) is 0 Å². The lowest BCUT2D eigenvalue weighted by atomic mass is 9.76. The molecular weight excluding hydrogens is 298 g/mol. The second-order valence-corrected chi connectivity index (χ2v) is 5.85. The monoisotopic (exact) mass is 317 g/mol. The average Bonchev–Trinajstić information content (AvgIpc) is 2.67. The summed E-state index contributed by atoms with van der Waals surface area (Å²) >= 11 is 0. The van der Waals surface area contributed by atoms with Gasteiger partial charge in [0.1, 0.15) is 11.5 Å². The molecular formula is C21H19NO2. The van der Waals surface area contributed by atoms with Crippen molar-refractivity contribution in [2.45, 2.75) is 19.3 Å². The maximum Gasteiger partial charge on any atom is 0.140 e. The third kappa shape index (κ3) is 2.96. The molecule has 3 heteroatoms. The summed E-state index contributed by atoms with van der Waals surface area (Å²) in [6, 6.07) is 21.7. The van der Waals surface area contributed by atoms with Crippen LogP contribution in [0.3, 0.4) is 0 Å². The molecule has 2 aromatic rings. The number of nitrogens with zero attached hydrogens (tertiary/aromatic N) is 1. The van der Waals surface area contributed by atoms with Gasteiger partial charge in [-0.25, -0.2) is 0 Å². The minimum atomic E-state index is -0.320. The van der Waals surface area contributed by atoms with E-state index in [2.05, 4.69) is 6.07 Å². The van der Waals surface area contributed by atoms with Crippen molar-refractivity contribution in [1.29, 1.82) is 5.26 Å². The number of ketones is 1. The highest BCUT2D eigenvalue weighted by Crippen LogP contribution is 2.41. The van der Waals surface area contributed by atoms with E-state index >= 15 is 0 Å². The van der Waals surface area contributed by atoms with E-state index in [9.17, 15) is 10.1 Å². The first-order valence-corrected chi connectivity index (χ1v) is 8.16. The molecule has 0 N–H and O–H groups in total. The zero-order valence-corrected chi connectivity index (χ0v) is 13.6. The zero-order valence-electron chi connectivity index (χ0n) is 13.6. The van der Waals surface area contributed by atoms with Crippen molar-refractivity contribution in [3.05, 3.63) is 77.4 Å². The smallest absolute Gasteiger partial charge is 0.140 e. The van der Waals surface area contributed by atoms with Gasteiger partial charge in [0.05, 0.1) is 24.2 Å². The summed E-state index contributed by atoms with van der Waals surface area (Å²) in [6.07, 6.45) is 0.441. The van der Waals surface area contributed by atoms with E-state index in [1.165, 1.54) is 0 Å². The van der Waals surface area contributed by atoms with Crippen LogP contribution in [0.4, 0.5) is 0 Å². The van der Waals surface area contributed by atoms with Gasteiger partial charge in [0, 0.05) is 17.9 Å². The zero-order chi connectivity index (χ0) is 16.9. The van der Waals surface area contributed by atoms with Crippen molar-refractivity contribution in [1.82, 2.24) is 0 Å². The van der Waals surface area contributed by atoms with E-state index in [1.807, 2.05) is 67.6 Å². The minimum Gasteiger partial charge on any atom is -0.491 e. The van der Waals surface area contributed by atoms with E-state index in [4.69, 9.17) is 4.74 Å². The van der Waals surface area contributed by atoms with Crippen molar-refractivity contribution in [3.63, 3.8) is 0 Å². The molecule has 120 valence electrons. The number of Topliss-reactive ketones (excluding diaryl/α,β-unsaturated/α-hetero) is 1. The number of carbonyl (C=O) groups excluding carboxylic acids is 1. The highest BCUT2D eigenvalue weighted by atomic mass is 16.5. The second kappa shape index (κ2) is 7.14. The maximum atomic E-state index is 12.4. The van der Waals surface area contributed by atoms with Gasteiger partial charge in [-0.3, -0.25) is 4.79 Å². The molecule has 2 aromatic carbocycles. The quantitative estimate of drug-likeness (QED) is 0.843. The summed E-state index contributed by atoms with van der Waals surface area (Å²) in [5, 5.41) is 9.83. The van der Waals surface area contributed by atoms with Gasteiger partial charge < -0.3 is 4.74 Å². The topological polar surface area (TPSA) is 50.1 Å². The molecule has 0 bridgehead atoms. The standard InChI is InChI=1S/C21H19NO2/c1-2-19(23)18-14-24-21(16-11-7-4-8-12-16)17(13-22)20(18)15-9-5-3-6-10-15/h3-12,18,20H,2,14H2,1H3/t18-,20+/m1/s1. The number of hydrogen-bond acceptors (Lipinski definition) is 3. The second-order valence-electron chi connectivity index (χ2n) is 5.85. The Hall–Kier alpha value is -2.86. The fraction of sp³-hybridized carbons (Fsp3) is 0.238. The van der Waals surface area contributed by atoms with Crippen LogP contribution in [0.5, 0.6) is 0 Å². The van der Waals surface area contributed by atoms with Crippen molar-refractivity contribution in [2.24, 2.45) is 5.92 Å². The summed E-state index contributed by atoms with van der Waals surface area (Å²) in [4.78, 5) is 12.4. The molecule has 0 amide bonds. The van der Waals surface area contributed by atoms with Crippen LogP contribution in [0.25, 0.3) is 5.76 Å². The summed E-state index contributed by atoms with van der Waals surface area (Å²) in [7, 11) is 0. The van der Waals surface area contributed by atoms with Gasteiger partial charge in [-0.2, -0.15) is 5.26 Å². The molecule has 1 aliphatic heterocycles. The molecule has 24 heavy (non-hydrogen) atoms. The van der Waals surface area contributed by atoms with Crippen molar-refractivity contribution < 1.29 is 9.53 Å². The Morgan fingerprint density at radius 1 is 1.12 bits per heavy atom. The Labute approximate surface area is 142 Å². The predicted octanol–water partition coefficient (Wildman–Crippen LogP) is 4.33. The summed E-state index contributed by atoms with van der Waals surface area (Å²) in [5.41, 5.74) is 2.39. The molecule has 0 aliphatic carbocycles. The molecule has 0 unspecified atom stereocenters. The lowest BCUT2D eigenvalue weighted by molar-refractivity contribution is -0.124. The number of benzene rings is 2. The van der Waals surface area contributed by atoms with Crippen LogP contribution in [0.2, 0.25) is 0 Å². The largest absolute Gasteiger partial charge is 0.491 e. The molecule has 0 radical (unpaired) electrons. The highest BCUT2D eigenvalue weighted by molar-refractivity contribution is 5.85. The average molecular weight is 317 g/mol. The SMILES string of the molecule is CCC(=O)[C@H]1COC(c2ccccc2)=C(C#N)[C@@H]1c1ccccc1. The van der Waals surface area contributed by atoms with E-state index in [0.29, 0.717) is 24.4 Å². The van der Waals surface area contributed by atoms with Gasteiger partial charge in [-0.05, 0) is 5.56 Å². The van der Waals surface area contributed by atoms with Crippen molar-refractivity contribution in [3.8, 4) is 6.07 Å². The van der Waals surface area contributed by atoms with Crippen LogP contribution in [-0.2, 0) is 9.53 Å². The summed E-state index contributed by atoms with van der Waals surface area (Å²) in [5.74, 6) is 0.142. The number of rotatable bonds is 4. The number of allylic oxidation sites excluding steroid dienone is 1. The lowest BCUT2D eigenvalue weighted by Gasteiger charge is -2.32. The van der Waals surface area contributed by atoms with Gasteiger partial charge in [-0.1, -0.05) is 67.6 Å². The first-order chi connectivity index (χ1) is 11.8. The highest BCUT2D eigenvalue weighted by Gasteiger charge is 2.38. The van der Waals surface area contributed by atoms with E-state index < -0.39 is 0 Å². The van der Waals surface area contributed by atoms with Crippen LogP contribution < -0.4 is 0 Å². The third-order valence-electron chi connectivity index (χ3n) is 4.44. The minimum absolute atomic E-state index is 0.128. The molecule has 1 heterocycles. The van der Waals surface area contributed by atoms with Crippen LogP contribution >= 0.6 is 0 Å². The Morgan fingerprint density at radius 2 is 1.75 bits per heavy atom. The number of nitriles is 1. The Balaban J connectivity index is 2.15. The predicted molar refractivity (Wildman–Crippen MR) is 92.9 cm³/mol. The first kappa shape index (κ1) is 16.0. The fourth-order valence-electron chi connectivity index (χ4n) is 3.24. The molecule has 1 aliphatic rings. The first-order valence-electron chi connectivity index (χ1n) is 8.16. The number of hydrogen-bond donors (Lipinski definition) is 0. The lowest BCUT2D eigenvalue weighted by Crippen LogP contribution is -2.31. The van der Waals surface area contributed by atoms with Crippen LogP contribution in [0.1, 0.15) is 30.4 Å². The van der Waals surface area contributed by atoms with E-state index in [-0.39, 0.29) is 17.6 Å². The van der Waals surface area contributed by atoms with Crippen LogP contribution in [0.15, 0.2) is 66.2 Å². The molecule has 3 rings (SSSR count). The molecule has 2 atom stereocenters. The molecule has 3 nitrogen and oxygen atoms in total. The normalized spacial score (nSPS) is 20.2. The number of carbonyl (C=O) groups is 1. The van der Waals surface area contributed by atoms with Gasteiger partial charge in [0.25, 0.3) is 0 Å². The van der Waals surface area contributed by atoms with Gasteiger partial charge in [-0.15, -0.1) is 0 Å². The van der Waals surface area contributed by atoms with Crippen molar-refractivity contribution >= 4 is 11.5 Å². The molecule has 0 spiro atoms. The fourth-order valence-corrected chi connectivity index (χ4v) is 3.24. The molecule has 0 aromatic heterocycles. The maximum absolute atomic E-state index is 12.4. The van der Waals surface area contributed by atoms with E-state index in [1.54, 1.807) is 0 Å². The summed E-state index contributed by atoms with van der Waals surface area (Å²) < 4.78 is 5.89. The molecule has 0 saturated carbocycles. The van der Waals surface area contributed by atoms with Gasteiger partial charge >= 0.3 is 0 Å².